The summed E-state index contributed by atoms with van der Waals surface area (Å²) in [5.74, 6) is 0. The van der Waals surface area contributed by atoms with Gasteiger partial charge < -0.3 is 0 Å². The van der Waals surface area contributed by atoms with Crippen LogP contribution in [0, 0.1) is 0 Å². The van der Waals surface area contributed by atoms with Crippen LogP contribution in [-0.2, 0) is 4.89 Å². The number of hydrogen-bond donors (Lipinski definition) is 1. The molecular weight excluding hydrogens is 152 g/mol. The van der Waals surface area contributed by atoms with E-state index in [4.69, 9.17) is 5.26 Å². The summed E-state index contributed by atoms with van der Waals surface area (Å²) in [5, 5.41) is 8.65. The lowest BCUT2D eigenvalue weighted by Crippen LogP contribution is -2.26. The average Bonchev–Trinajstić information content (AvgIpc) is 2.05. The SMILES string of the molecule is CC1=CC=C(C(C)(C)OO)CC1. The second-order valence-corrected chi connectivity index (χ2v) is 3.81. The number of rotatable bonds is 2. The van der Waals surface area contributed by atoms with Gasteiger partial charge in [-0.1, -0.05) is 17.7 Å². The molecule has 1 aliphatic rings. The second-order valence-electron chi connectivity index (χ2n) is 3.81. The summed E-state index contributed by atoms with van der Waals surface area (Å²) in [6.45, 7) is 5.85. The maximum atomic E-state index is 8.65. The lowest BCUT2D eigenvalue weighted by molar-refractivity contribution is -0.301. The molecule has 0 bridgehead atoms. The molecule has 68 valence electrons. The largest absolute Gasteiger partial charge is 0.251 e. The molecule has 0 aromatic heterocycles. The predicted molar refractivity (Wildman–Crippen MR) is 48.9 cm³/mol. The Morgan fingerprint density at radius 2 is 2.00 bits per heavy atom. The Morgan fingerprint density at radius 3 is 2.42 bits per heavy atom. The van der Waals surface area contributed by atoms with Crippen molar-refractivity contribution in [3.8, 4) is 0 Å². The molecule has 0 spiro atoms. The molecule has 0 aromatic rings. The molecule has 1 N–H and O–H groups in total. The van der Waals surface area contributed by atoms with Crippen LogP contribution in [0.15, 0.2) is 23.3 Å². The van der Waals surface area contributed by atoms with Gasteiger partial charge in [-0.3, -0.25) is 5.26 Å². The van der Waals surface area contributed by atoms with Gasteiger partial charge in [0.25, 0.3) is 0 Å². The molecule has 2 nitrogen and oxygen atoms in total. The minimum absolute atomic E-state index is 0.531. The van der Waals surface area contributed by atoms with Gasteiger partial charge in [-0.25, -0.2) is 4.89 Å². The Bertz CT molecular complexity index is 224. The van der Waals surface area contributed by atoms with E-state index in [9.17, 15) is 0 Å². The van der Waals surface area contributed by atoms with Crippen molar-refractivity contribution in [2.24, 2.45) is 0 Å². The third-order valence-electron chi connectivity index (χ3n) is 2.36. The maximum absolute atomic E-state index is 8.65. The van der Waals surface area contributed by atoms with Crippen molar-refractivity contribution in [1.82, 2.24) is 0 Å². The van der Waals surface area contributed by atoms with Crippen LogP contribution in [-0.4, -0.2) is 10.9 Å². The first-order chi connectivity index (χ1) is 5.56. The Kier molecular flexibility index (Phi) is 2.70. The standard InChI is InChI=1S/C10H16O2/c1-8-4-6-9(7-5-8)10(2,3)12-11/h4,6,11H,5,7H2,1-3H3. The smallest absolute Gasteiger partial charge is 0.119 e. The summed E-state index contributed by atoms with van der Waals surface area (Å²) >= 11 is 0. The van der Waals surface area contributed by atoms with Gasteiger partial charge in [0, 0.05) is 0 Å². The van der Waals surface area contributed by atoms with Crippen molar-refractivity contribution in [3.05, 3.63) is 23.3 Å². The minimum Gasteiger partial charge on any atom is -0.251 e. The molecule has 0 amide bonds. The first-order valence-electron chi connectivity index (χ1n) is 4.25. The van der Waals surface area contributed by atoms with Gasteiger partial charge >= 0.3 is 0 Å². The molecule has 1 aliphatic carbocycles. The van der Waals surface area contributed by atoms with Gasteiger partial charge in [0.05, 0.1) is 0 Å². The molecule has 0 aliphatic heterocycles. The molecule has 0 aromatic carbocycles. The van der Waals surface area contributed by atoms with Gasteiger partial charge in [0.1, 0.15) is 5.60 Å². The molecule has 0 unspecified atom stereocenters. The molecule has 2 heteroatoms. The van der Waals surface area contributed by atoms with Gasteiger partial charge in [-0.05, 0) is 39.2 Å². The van der Waals surface area contributed by atoms with Gasteiger partial charge in [-0.2, -0.15) is 0 Å². The highest BCUT2D eigenvalue weighted by Gasteiger charge is 2.24. The predicted octanol–water partition coefficient (Wildman–Crippen LogP) is 2.92. The van der Waals surface area contributed by atoms with Crippen molar-refractivity contribution < 1.29 is 10.1 Å². The summed E-state index contributed by atoms with van der Waals surface area (Å²) in [4.78, 5) is 4.41. The third-order valence-corrected chi connectivity index (χ3v) is 2.36. The Balaban J connectivity index is 2.77. The molecule has 0 saturated heterocycles. The van der Waals surface area contributed by atoms with E-state index in [0.29, 0.717) is 0 Å². The topological polar surface area (TPSA) is 29.5 Å². The molecule has 0 atom stereocenters. The normalized spacial score (nSPS) is 18.7. The molecule has 0 saturated carbocycles. The van der Waals surface area contributed by atoms with Crippen LogP contribution in [0.1, 0.15) is 33.6 Å². The molecule has 12 heavy (non-hydrogen) atoms. The van der Waals surface area contributed by atoms with Crippen LogP contribution in [0.3, 0.4) is 0 Å². The fourth-order valence-corrected chi connectivity index (χ4v) is 1.30. The molecule has 0 heterocycles. The summed E-state index contributed by atoms with van der Waals surface area (Å²) in [7, 11) is 0. The zero-order valence-electron chi connectivity index (χ0n) is 7.92. The van der Waals surface area contributed by atoms with E-state index in [2.05, 4.69) is 17.9 Å². The number of allylic oxidation sites excluding steroid dienone is 3. The lowest BCUT2D eigenvalue weighted by Gasteiger charge is -2.26. The minimum atomic E-state index is -0.531. The van der Waals surface area contributed by atoms with E-state index < -0.39 is 5.60 Å². The van der Waals surface area contributed by atoms with Gasteiger partial charge in [0.15, 0.2) is 0 Å². The number of hydrogen-bond acceptors (Lipinski definition) is 2. The molecule has 0 radical (unpaired) electrons. The fourth-order valence-electron chi connectivity index (χ4n) is 1.30. The highest BCUT2D eigenvalue weighted by Crippen LogP contribution is 2.28. The van der Waals surface area contributed by atoms with Crippen LogP contribution in [0.2, 0.25) is 0 Å². The first-order valence-corrected chi connectivity index (χ1v) is 4.25. The van der Waals surface area contributed by atoms with E-state index in [-0.39, 0.29) is 0 Å². The summed E-state index contributed by atoms with van der Waals surface area (Å²) in [5.41, 5.74) is 2.00. The van der Waals surface area contributed by atoms with E-state index in [1.165, 1.54) is 5.57 Å². The summed E-state index contributed by atoms with van der Waals surface area (Å²) in [6, 6.07) is 0. The van der Waals surface area contributed by atoms with Gasteiger partial charge in [-0.15, -0.1) is 0 Å². The quantitative estimate of drug-likeness (QED) is 0.507. The first kappa shape index (κ1) is 9.49. The van der Waals surface area contributed by atoms with E-state index in [0.717, 1.165) is 18.4 Å². The third kappa shape index (κ3) is 1.96. The Hall–Kier alpha value is -0.600. The van der Waals surface area contributed by atoms with Crippen LogP contribution in [0.5, 0.6) is 0 Å². The zero-order valence-corrected chi connectivity index (χ0v) is 7.92. The van der Waals surface area contributed by atoms with Crippen LogP contribution in [0.25, 0.3) is 0 Å². The highest BCUT2D eigenvalue weighted by atomic mass is 17.1. The Labute approximate surface area is 73.5 Å². The second kappa shape index (κ2) is 3.42. The molecule has 1 rings (SSSR count). The molecule has 0 fully saturated rings. The van der Waals surface area contributed by atoms with Crippen molar-refractivity contribution >= 4 is 0 Å². The summed E-state index contributed by atoms with van der Waals surface area (Å²) in [6.07, 6.45) is 6.17. The summed E-state index contributed by atoms with van der Waals surface area (Å²) < 4.78 is 0. The lowest BCUT2D eigenvalue weighted by atomic mass is 9.89. The van der Waals surface area contributed by atoms with Crippen molar-refractivity contribution in [3.63, 3.8) is 0 Å². The molecular formula is C10H16O2. The van der Waals surface area contributed by atoms with Crippen molar-refractivity contribution in [2.75, 3.05) is 0 Å². The van der Waals surface area contributed by atoms with Gasteiger partial charge in [0.2, 0.25) is 0 Å². The zero-order chi connectivity index (χ0) is 9.19. The highest BCUT2D eigenvalue weighted by molar-refractivity contribution is 5.27. The van der Waals surface area contributed by atoms with Crippen LogP contribution in [0.4, 0.5) is 0 Å². The van der Waals surface area contributed by atoms with Crippen molar-refractivity contribution in [2.45, 2.75) is 39.2 Å². The van der Waals surface area contributed by atoms with E-state index in [1.807, 2.05) is 19.9 Å². The van der Waals surface area contributed by atoms with E-state index >= 15 is 0 Å². The Morgan fingerprint density at radius 1 is 1.33 bits per heavy atom. The van der Waals surface area contributed by atoms with Crippen molar-refractivity contribution in [1.29, 1.82) is 0 Å². The average molecular weight is 168 g/mol. The maximum Gasteiger partial charge on any atom is 0.119 e. The van der Waals surface area contributed by atoms with E-state index in [1.54, 1.807) is 0 Å². The monoisotopic (exact) mass is 168 g/mol. The fraction of sp³-hybridized carbons (Fsp3) is 0.600. The van der Waals surface area contributed by atoms with Crippen LogP contribution >= 0.6 is 0 Å². The van der Waals surface area contributed by atoms with Crippen LogP contribution < -0.4 is 0 Å².